The zero-order chi connectivity index (χ0) is 14.1. The number of carbonyl (C=O) groups is 2. The van der Waals surface area contributed by atoms with Gasteiger partial charge in [-0.25, -0.2) is 0 Å². The van der Waals surface area contributed by atoms with Gasteiger partial charge in [-0.05, 0) is 12.1 Å². The van der Waals surface area contributed by atoms with Gasteiger partial charge < -0.3 is 15.2 Å². The van der Waals surface area contributed by atoms with Crippen molar-refractivity contribution in [2.45, 2.75) is 0 Å². The molecule has 1 aliphatic rings. The molecule has 1 aromatic heterocycles. The molecule has 3 rings (SSSR count). The third-order valence-electron chi connectivity index (χ3n) is 3.29. The molecule has 2 amide bonds. The van der Waals surface area contributed by atoms with Crippen molar-refractivity contribution in [1.29, 1.82) is 0 Å². The van der Waals surface area contributed by atoms with Crippen LogP contribution in [0.15, 0.2) is 35.1 Å². The maximum atomic E-state index is 12.3. The van der Waals surface area contributed by atoms with Crippen molar-refractivity contribution in [2.75, 3.05) is 19.6 Å². The molecule has 1 saturated heterocycles. The molecule has 6 heteroatoms. The number of benzene rings is 1. The molecule has 2 heterocycles. The molecule has 0 bridgehead atoms. The Labute approximate surface area is 114 Å². The topological polar surface area (TPSA) is 82.3 Å². The first kappa shape index (κ1) is 12.4. The molecule has 0 saturated carbocycles. The monoisotopic (exact) mass is 271 g/mol. The van der Waals surface area contributed by atoms with Crippen LogP contribution in [-0.4, -0.2) is 41.3 Å². The molecular weight excluding hydrogens is 258 g/mol. The number of para-hydroxylation sites is 1. The maximum Gasteiger partial charge on any atom is 0.270 e. The summed E-state index contributed by atoms with van der Waals surface area (Å²) in [4.78, 5) is 40.0. The van der Waals surface area contributed by atoms with Crippen LogP contribution in [0.25, 0.3) is 10.9 Å². The van der Waals surface area contributed by atoms with Gasteiger partial charge >= 0.3 is 0 Å². The number of aromatic amines is 1. The second kappa shape index (κ2) is 4.80. The fraction of sp³-hybridized carbons (Fsp3) is 0.214. The minimum Gasteiger partial charge on any atom is -0.353 e. The van der Waals surface area contributed by atoms with Crippen molar-refractivity contribution < 1.29 is 9.59 Å². The molecule has 1 aliphatic heterocycles. The molecular formula is C14H13N3O3. The van der Waals surface area contributed by atoms with Crippen LogP contribution < -0.4 is 10.7 Å². The van der Waals surface area contributed by atoms with Crippen molar-refractivity contribution in [3.8, 4) is 0 Å². The largest absolute Gasteiger partial charge is 0.353 e. The Balaban J connectivity index is 1.99. The van der Waals surface area contributed by atoms with E-state index >= 15 is 0 Å². The van der Waals surface area contributed by atoms with Crippen LogP contribution >= 0.6 is 0 Å². The number of fused-ring (bicyclic) bond motifs is 1. The van der Waals surface area contributed by atoms with Gasteiger partial charge in [-0.2, -0.15) is 0 Å². The summed E-state index contributed by atoms with van der Waals surface area (Å²) in [6, 6.07) is 8.30. The number of aromatic nitrogens is 1. The Bertz CT molecular complexity index is 751. The standard InChI is InChI=1S/C14H13N3O3/c18-12-7-11(16-10-4-2-1-3-9(10)12)14(20)17-6-5-15-13(19)8-17/h1-4,7H,5-6,8H2,(H,15,19)(H,16,18). The van der Waals surface area contributed by atoms with Crippen molar-refractivity contribution in [2.24, 2.45) is 0 Å². The zero-order valence-corrected chi connectivity index (χ0v) is 10.7. The number of hydrogen-bond donors (Lipinski definition) is 2. The van der Waals surface area contributed by atoms with Crippen LogP contribution in [0.2, 0.25) is 0 Å². The minimum atomic E-state index is -0.331. The van der Waals surface area contributed by atoms with E-state index in [1.807, 2.05) is 0 Å². The number of rotatable bonds is 1. The number of nitrogens with one attached hydrogen (secondary N) is 2. The average molecular weight is 271 g/mol. The Morgan fingerprint density at radius 2 is 2.00 bits per heavy atom. The number of amides is 2. The summed E-state index contributed by atoms with van der Waals surface area (Å²) >= 11 is 0. The van der Waals surface area contributed by atoms with E-state index in [1.165, 1.54) is 11.0 Å². The van der Waals surface area contributed by atoms with Gasteiger partial charge in [-0.1, -0.05) is 12.1 Å². The number of pyridine rings is 1. The summed E-state index contributed by atoms with van der Waals surface area (Å²) in [6.45, 7) is 0.898. The minimum absolute atomic E-state index is 0.0215. The van der Waals surface area contributed by atoms with E-state index in [-0.39, 0.29) is 29.5 Å². The first-order chi connectivity index (χ1) is 9.65. The lowest BCUT2D eigenvalue weighted by Crippen LogP contribution is -2.50. The molecule has 0 spiro atoms. The molecule has 2 N–H and O–H groups in total. The van der Waals surface area contributed by atoms with Crippen molar-refractivity contribution in [3.63, 3.8) is 0 Å². The molecule has 0 atom stereocenters. The molecule has 2 aromatic rings. The van der Waals surface area contributed by atoms with Crippen LogP contribution in [0.5, 0.6) is 0 Å². The van der Waals surface area contributed by atoms with Gasteiger partial charge in [0.15, 0.2) is 5.43 Å². The van der Waals surface area contributed by atoms with Gasteiger partial charge in [0.25, 0.3) is 5.91 Å². The first-order valence-corrected chi connectivity index (χ1v) is 6.33. The van der Waals surface area contributed by atoms with Gasteiger partial charge in [0.1, 0.15) is 5.69 Å². The third kappa shape index (κ3) is 2.16. The smallest absolute Gasteiger partial charge is 0.270 e. The van der Waals surface area contributed by atoms with E-state index < -0.39 is 0 Å². The lowest BCUT2D eigenvalue weighted by atomic mass is 10.2. The Morgan fingerprint density at radius 1 is 1.20 bits per heavy atom. The summed E-state index contributed by atoms with van der Waals surface area (Å²) < 4.78 is 0. The Kier molecular flexibility index (Phi) is 2.98. The number of hydrogen-bond acceptors (Lipinski definition) is 3. The van der Waals surface area contributed by atoms with E-state index in [0.29, 0.717) is 24.0 Å². The van der Waals surface area contributed by atoms with E-state index in [0.717, 1.165) is 0 Å². The molecule has 0 aliphatic carbocycles. The normalized spacial score (nSPS) is 15.2. The second-order valence-electron chi connectivity index (χ2n) is 4.67. The van der Waals surface area contributed by atoms with Crippen molar-refractivity contribution in [3.05, 3.63) is 46.2 Å². The van der Waals surface area contributed by atoms with Gasteiger partial charge in [0, 0.05) is 30.1 Å². The molecule has 1 aromatic carbocycles. The lowest BCUT2D eigenvalue weighted by molar-refractivity contribution is -0.123. The first-order valence-electron chi connectivity index (χ1n) is 6.33. The molecule has 0 unspecified atom stereocenters. The predicted octanol–water partition coefficient (Wildman–Crippen LogP) is 0.100. The van der Waals surface area contributed by atoms with E-state index in [9.17, 15) is 14.4 Å². The zero-order valence-electron chi connectivity index (χ0n) is 10.7. The van der Waals surface area contributed by atoms with Gasteiger partial charge in [0.05, 0.1) is 6.54 Å². The lowest BCUT2D eigenvalue weighted by Gasteiger charge is -2.26. The number of H-pyrrole nitrogens is 1. The van der Waals surface area contributed by atoms with E-state index in [2.05, 4.69) is 10.3 Å². The summed E-state index contributed by atoms with van der Waals surface area (Å²) in [5.74, 6) is -0.518. The van der Waals surface area contributed by atoms with Crippen LogP contribution in [-0.2, 0) is 4.79 Å². The molecule has 0 radical (unpaired) electrons. The Hall–Kier alpha value is -2.63. The summed E-state index contributed by atoms with van der Waals surface area (Å²) in [6.07, 6.45) is 0. The number of piperazine rings is 1. The average Bonchev–Trinajstić information content (AvgIpc) is 2.46. The van der Waals surface area contributed by atoms with Gasteiger partial charge in [-0.15, -0.1) is 0 Å². The van der Waals surface area contributed by atoms with Gasteiger partial charge in [0.2, 0.25) is 5.91 Å². The number of carbonyl (C=O) groups excluding carboxylic acids is 2. The van der Waals surface area contributed by atoms with Crippen LogP contribution in [0.1, 0.15) is 10.5 Å². The van der Waals surface area contributed by atoms with Crippen LogP contribution in [0.3, 0.4) is 0 Å². The SMILES string of the molecule is O=C1CN(C(=O)c2cc(=O)c3ccccc3[nH]2)CCN1. The molecule has 102 valence electrons. The highest BCUT2D eigenvalue weighted by atomic mass is 16.2. The fourth-order valence-corrected chi connectivity index (χ4v) is 2.29. The molecule has 6 nitrogen and oxygen atoms in total. The highest BCUT2D eigenvalue weighted by Gasteiger charge is 2.23. The quantitative estimate of drug-likeness (QED) is 0.771. The number of nitrogens with zero attached hydrogens (tertiary/aromatic N) is 1. The Morgan fingerprint density at radius 3 is 2.80 bits per heavy atom. The van der Waals surface area contributed by atoms with E-state index in [4.69, 9.17) is 0 Å². The summed E-state index contributed by atoms with van der Waals surface area (Å²) in [7, 11) is 0. The van der Waals surface area contributed by atoms with Crippen LogP contribution in [0, 0.1) is 0 Å². The van der Waals surface area contributed by atoms with Crippen molar-refractivity contribution >= 4 is 22.7 Å². The third-order valence-corrected chi connectivity index (χ3v) is 3.29. The second-order valence-corrected chi connectivity index (χ2v) is 4.67. The predicted molar refractivity (Wildman–Crippen MR) is 73.5 cm³/mol. The van der Waals surface area contributed by atoms with Gasteiger partial charge in [-0.3, -0.25) is 14.4 Å². The maximum absolute atomic E-state index is 12.3. The van der Waals surface area contributed by atoms with Crippen molar-refractivity contribution in [1.82, 2.24) is 15.2 Å². The highest BCUT2D eigenvalue weighted by Crippen LogP contribution is 2.09. The van der Waals surface area contributed by atoms with Crippen LogP contribution in [0.4, 0.5) is 0 Å². The summed E-state index contributed by atoms with van der Waals surface area (Å²) in [5, 5.41) is 3.20. The fourth-order valence-electron chi connectivity index (χ4n) is 2.29. The highest BCUT2D eigenvalue weighted by molar-refractivity contribution is 5.97. The van der Waals surface area contributed by atoms with E-state index in [1.54, 1.807) is 24.3 Å². The molecule has 20 heavy (non-hydrogen) atoms. The molecule has 1 fully saturated rings. The summed E-state index contributed by atoms with van der Waals surface area (Å²) in [5.41, 5.74) is 0.623.